The first-order chi connectivity index (χ1) is 8.78. The smallest absolute Gasteiger partial charge is 0.328 e. The Morgan fingerprint density at radius 2 is 2.11 bits per heavy atom. The van der Waals surface area contributed by atoms with E-state index in [9.17, 15) is 4.79 Å². The number of anilines is 1. The molecule has 0 aliphatic carbocycles. The molecule has 0 atom stereocenters. The predicted octanol–water partition coefficient (Wildman–Crippen LogP) is 2.80. The van der Waals surface area contributed by atoms with E-state index >= 15 is 0 Å². The summed E-state index contributed by atoms with van der Waals surface area (Å²) in [6.45, 7) is 8.58. The molecule has 2 rings (SSSR count). The molecule has 19 heavy (non-hydrogen) atoms. The van der Waals surface area contributed by atoms with Crippen LogP contribution in [-0.2, 0) is 0 Å². The molecule has 2 amide bonds. The van der Waals surface area contributed by atoms with E-state index in [1.54, 1.807) is 4.90 Å². The zero-order valence-electron chi connectivity index (χ0n) is 11.7. The van der Waals surface area contributed by atoms with Gasteiger partial charge in [0.05, 0.1) is 12.1 Å². The van der Waals surface area contributed by atoms with E-state index in [1.165, 1.54) is 0 Å². The normalized spacial score (nSPS) is 17.3. The molecule has 4 nitrogen and oxygen atoms in total. The minimum absolute atomic E-state index is 0.171. The van der Waals surface area contributed by atoms with E-state index < -0.39 is 0 Å². The molecule has 1 heterocycles. The van der Waals surface area contributed by atoms with Crippen molar-refractivity contribution in [2.75, 3.05) is 11.9 Å². The Morgan fingerprint density at radius 1 is 1.42 bits per heavy atom. The molecule has 1 saturated heterocycles. The highest BCUT2D eigenvalue weighted by Crippen LogP contribution is 2.19. The summed E-state index contributed by atoms with van der Waals surface area (Å²) >= 11 is 5.19. The summed E-state index contributed by atoms with van der Waals surface area (Å²) in [5, 5.41) is 6.53. The third-order valence-electron chi connectivity index (χ3n) is 3.12. The van der Waals surface area contributed by atoms with Crippen LogP contribution in [0, 0.1) is 13.8 Å². The molecule has 0 aromatic heterocycles. The first-order valence-electron chi connectivity index (χ1n) is 6.26. The van der Waals surface area contributed by atoms with Crippen molar-refractivity contribution in [1.29, 1.82) is 0 Å². The molecule has 1 aromatic carbocycles. The van der Waals surface area contributed by atoms with Crippen molar-refractivity contribution in [3.8, 4) is 0 Å². The van der Waals surface area contributed by atoms with Crippen LogP contribution in [0.15, 0.2) is 18.2 Å². The lowest BCUT2D eigenvalue weighted by Crippen LogP contribution is -2.37. The number of hydrogen-bond donors (Lipinski definition) is 2. The molecule has 0 spiro atoms. The Morgan fingerprint density at radius 3 is 2.68 bits per heavy atom. The summed E-state index contributed by atoms with van der Waals surface area (Å²) < 4.78 is 0. The van der Waals surface area contributed by atoms with Crippen LogP contribution in [0.5, 0.6) is 0 Å². The topological polar surface area (TPSA) is 44.4 Å². The van der Waals surface area contributed by atoms with Gasteiger partial charge in [0.15, 0.2) is 5.11 Å². The summed E-state index contributed by atoms with van der Waals surface area (Å²) in [7, 11) is 0. The number of benzene rings is 1. The molecule has 0 saturated carbocycles. The number of rotatable bonds is 1. The minimum Gasteiger partial charge on any atom is -0.355 e. The molecule has 102 valence electrons. The van der Waals surface area contributed by atoms with E-state index in [0.717, 1.165) is 16.8 Å². The van der Waals surface area contributed by atoms with Gasteiger partial charge in [0.25, 0.3) is 0 Å². The third kappa shape index (κ3) is 3.04. The first kappa shape index (κ1) is 13.8. The fraction of sp³-hybridized carbons (Fsp3) is 0.429. The van der Waals surface area contributed by atoms with E-state index in [2.05, 4.69) is 10.6 Å². The number of carbonyl (C=O) groups is 1. The van der Waals surface area contributed by atoms with E-state index in [1.807, 2.05) is 45.9 Å². The molecular formula is C14H19N3OS. The van der Waals surface area contributed by atoms with Gasteiger partial charge in [-0.25, -0.2) is 4.79 Å². The average Bonchev–Trinajstić information content (AvgIpc) is 2.57. The lowest BCUT2D eigenvalue weighted by atomic mass is 10.1. The van der Waals surface area contributed by atoms with Gasteiger partial charge < -0.3 is 10.6 Å². The van der Waals surface area contributed by atoms with Crippen molar-refractivity contribution >= 4 is 29.0 Å². The predicted molar refractivity (Wildman–Crippen MR) is 81.5 cm³/mol. The highest BCUT2D eigenvalue weighted by Gasteiger charge is 2.35. The van der Waals surface area contributed by atoms with Crippen molar-refractivity contribution in [3.63, 3.8) is 0 Å². The molecule has 5 heteroatoms. The Labute approximate surface area is 119 Å². The standard InChI is InChI=1S/C14H19N3OS/c1-9-5-6-10(2)11(7-9)15-12(18)17-8-14(3,4)16-13(17)19/h5-7H,8H2,1-4H3,(H,15,18)(H,16,19). The summed E-state index contributed by atoms with van der Waals surface area (Å²) in [5.74, 6) is 0. The molecule has 0 unspecified atom stereocenters. The molecule has 1 aliphatic rings. The van der Waals surface area contributed by atoms with Gasteiger partial charge in [-0.15, -0.1) is 0 Å². The zero-order valence-corrected chi connectivity index (χ0v) is 12.5. The fourth-order valence-electron chi connectivity index (χ4n) is 2.08. The van der Waals surface area contributed by atoms with Gasteiger partial charge in [-0.1, -0.05) is 12.1 Å². The van der Waals surface area contributed by atoms with Crippen molar-refractivity contribution in [2.45, 2.75) is 33.2 Å². The number of nitrogens with zero attached hydrogens (tertiary/aromatic N) is 1. The second-order valence-electron chi connectivity index (χ2n) is 5.65. The highest BCUT2D eigenvalue weighted by molar-refractivity contribution is 7.80. The second-order valence-corrected chi connectivity index (χ2v) is 6.04. The Kier molecular flexibility index (Phi) is 3.49. The SMILES string of the molecule is Cc1ccc(C)c(NC(=O)N2CC(C)(C)NC2=S)c1. The molecule has 1 aromatic rings. The number of carbonyl (C=O) groups excluding carboxylic acids is 1. The number of amides is 2. The van der Waals surface area contributed by atoms with Crippen molar-refractivity contribution in [2.24, 2.45) is 0 Å². The maximum absolute atomic E-state index is 12.3. The van der Waals surface area contributed by atoms with Crippen LogP contribution in [0.2, 0.25) is 0 Å². The van der Waals surface area contributed by atoms with Crippen LogP contribution in [-0.4, -0.2) is 28.1 Å². The first-order valence-corrected chi connectivity index (χ1v) is 6.67. The van der Waals surface area contributed by atoms with Crippen LogP contribution in [0.3, 0.4) is 0 Å². The van der Waals surface area contributed by atoms with Gasteiger partial charge in [0, 0.05) is 5.69 Å². The molecule has 1 aliphatic heterocycles. The number of urea groups is 1. The molecule has 2 N–H and O–H groups in total. The Bertz CT molecular complexity index is 539. The van der Waals surface area contributed by atoms with Crippen LogP contribution in [0.25, 0.3) is 0 Å². The average molecular weight is 277 g/mol. The number of nitrogens with one attached hydrogen (secondary N) is 2. The van der Waals surface area contributed by atoms with Gasteiger partial charge in [0.2, 0.25) is 0 Å². The van der Waals surface area contributed by atoms with Crippen LogP contribution in [0.4, 0.5) is 10.5 Å². The maximum Gasteiger partial charge on any atom is 0.328 e. The van der Waals surface area contributed by atoms with Gasteiger partial charge in [-0.2, -0.15) is 0 Å². The van der Waals surface area contributed by atoms with E-state index in [0.29, 0.717) is 11.7 Å². The number of hydrogen-bond acceptors (Lipinski definition) is 2. The van der Waals surface area contributed by atoms with Crippen molar-refractivity contribution < 1.29 is 4.79 Å². The summed E-state index contributed by atoms with van der Waals surface area (Å²) in [6.07, 6.45) is 0. The summed E-state index contributed by atoms with van der Waals surface area (Å²) in [5.41, 5.74) is 2.81. The molecule has 0 radical (unpaired) electrons. The van der Waals surface area contributed by atoms with E-state index in [-0.39, 0.29) is 11.6 Å². The number of thiocarbonyl (C=S) groups is 1. The molecule has 0 bridgehead atoms. The monoisotopic (exact) mass is 277 g/mol. The van der Waals surface area contributed by atoms with Gasteiger partial charge in [-0.3, -0.25) is 4.90 Å². The van der Waals surface area contributed by atoms with Crippen LogP contribution in [0.1, 0.15) is 25.0 Å². The van der Waals surface area contributed by atoms with Crippen LogP contribution < -0.4 is 10.6 Å². The van der Waals surface area contributed by atoms with E-state index in [4.69, 9.17) is 12.2 Å². The summed E-state index contributed by atoms with van der Waals surface area (Å²) in [6, 6.07) is 5.80. The second kappa shape index (κ2) is 4.81. The molecule has 1 fully saturated rings. The van der Waals surface area contributed by atoms with Crippen molar-refractivity contribution in [3.05, 3.63) is 29.3 Å². The Hall–Kier alpha value is -1.62. The largest absolute Gasteiger partial charge is 0.355 e. The van der Waals surface area contributed by atoms with Gasteiger partial charge >= 0.3 is 6.03 Å². The van der Waals surface area contributed by atoms with Crippen molar-refractivity contribution in [1.82, 2.24) is 10.2 Å². The number of aryl methyl sites for hydroxylation is 2. The summed E-state index contributed by atoms with van der Waals surface area (Å²) in [4.78, 5) is 13.8. The lowest BCUT2D eigenvalue weighted by molar-refractivity contribution is 0.233. The minimum atomic E-state index is -0.184. The highest BCUT2D eigenvalue weighted by atomic mass is 32.1. The quantitative estimate of drug-likeness (QED) is 0.776. The zero-order chi connectivity index (χ0) is 14.2. The maximum atomic E-state index is 12.3. The van der Waals surface area contributed by atoms with Gasteiger partial charge in [0.1, 0.15) is 0 Å². The third-order valence-corrected chi connectivity index (χ3v) is 3.45. The lowest BCUT2D eigenvalue weighted by Gasteiger charge is -2.18. The van der Waals surface area contributed by atoms with Crippen LogP contribution >= 0.6 is 12.2 Å². The Balaban J connectivity index is 2.14. The van der Waals surface area contributed by atoms with Gasteiger partial charge in [-0.05, 0) is 57.1 Å². The molecular weight excluding hydrogens is 258 g/mol. The fourth-order valence-corrected chi connectivity index (χ4v) is 2.50.